The van der Waals surface area contributed by atoms with Crippen LogP contribution in [0.5, 0.6) is 0 Å². The summed E-state index contributed by atoms with van der Waals surface area (Å²) in [6.07, 6.45) is 1.69. The van der Waals surface area contributed by atoms with Crippen molar-refractivity contribution in [2.45, 2.75) is 26.8 Å². The molecule has 0 aliphatic carbocycles. The lowest BCUT2D eigenvalue weighted by Crippen LogP contribution is -2.20. The van der Waals surface area contributed by atoms with Crippen LogP contribution < -0.4 is 5.32 Å². The van der Waals surface area contributed by atoms with E-state index in [1.54, 1.807) is 6.20 Å². The molecule has 0 bridgehead atoms. The van der Waals surface area contributed by atoms with Gasteiger partial charge in [-0.15, -0.1) is 0 Å². The van der Waals surface area contributed by atoms with Gasteiger partial charge >= 0.3 is 0 Å². The van der Waals surface area contributed by atoms with Gasteiger partial charge in [-0.3, -0.25) is 4.98 Å². The van der Waals surface area contributed by atoms with Crippen LogP contribution in [0, 0.1) is 20.8 Å². The standard InChI is InChI=1S/C16H19ClN2/c1-10-7-12(3)14(8-11(10)2)16(18-4)15-6-5-13(17)9-19-15/h5-9,16,18H,1-4H3. The molecule has 0 radical (unpaired) electrons. The highest BCUT2D eigenvalue weighted by Gasteiger charge is 2.16. The van der Waals surface area contributed by atoms with Gasteiger partial charge in [0.1, 0.15) is 0 Å². The molecule has 19 heavy (non-hydrogen) atoms. The minimum atomic E-state index is 0.0940. The first kappa shape index (κ1) is 14.0. The van der Waals surface area contributed by atoms with Crippen molar-refractivity contribution >= 4 is 11.6 Å². The second kappa shape index (κ2) is 5.72. The van der Waals surface area contributed by atoms with Gasteiger partial charge < -0.3 is 5.32 Å². The van der Waals surface area contributed by atoms with Crippen LogP contribution >= 0.6 is 11.6 Å². The monoisotopic (exact) mass is 274 g/mol. The van der Waals surface area contributed by atoms with Crippen molar-refractivity contribution in [3.63, 3.8) is 0 Å². The molecule has 0 aliphatic heterocycles. The molecule has 1 aromatic heterocycles. The van der Waals surface area contributed by atoms with E-state index in [2.05, 4.69) is 43.2 Å². The Morgan fingerprint density at radius 1 is 1.05 bits per heavy atom. The van der Waals surface area contributed by atoms with Crippen molar-refractivity contribution in [2.24, 2.45) is 0 Å². The Hall–Kier alpha value is -1.38. The highest BCUT2D eigenvalue weighted by molar-refractivity contribution is 6.30. The summed E-state index contributed by atoms with van der Waals surface area (Å²) in [6, 6.07) is 8.41. The smallest absolute Gasteiger partial charge is 0.0751 e. The summed E-state index contributed by atoms with van der Waals surface area (Å²) in [7, 11) is 1.95. The zero-order chi connectivity index (χ0) is 14.0. The maximum Gasteiger partial charge on any atom is 0.0751 e. The summed E-state index contributed by atoms with van der Waals surface area (Å²) in [5, 5.41) is 4.00. The zero-order valence-electron chi connectivity index (χ0n) is 11.8. The lowest BCUT2D eigenvalue weighted by atomic mass is 9.94. The van der Waals surface area contributed by atoms with E-state index in [1.165, 1.54) is 22.3 Å². The molecule has 1 N–H and O–H groups in total. The summed E-state index contributed by atoms with van der Waals surface area (Å²) in [6.45, 7) is 6.42. The summed E-state index contributed by atoms with van der Waals surface area (Å²) < 4.78 is 0. The van der Waals surface area contributed by atoms with Gasteiger partial charge in [-0.2, -0.15) is 0 Å². The van der Waals surface area contributed by atoms with Gasteiger partial charge in [0.25, 0.3) is 0 Å². The molecule has 1 aromatic carbocycles. The Labute approximate surface area is 119 Å². The van der Waals surface area contributed by atoms with Crippen LogP contribution in [0.15, 0.2) is 30.5 Å². The second-order valence-corrected chi connectivity index (χ2v) is 5.35. The first-order valence-corrected chi connectivity index (χ1v) is 6.77. The maximum atomic E-state index is 5.90. The molecule has 3 heteroatoms. The fourth-order valence-corrected chi connectivity index (χ4v) is 2.43. The molecule has 0 saturated heterocycles. The number of aromatic nitrogens is 1. The number of rotatable bonds is 3. The first-order valence-electron chi connectivity index (χ1n) is 6.39. The van der Waals surface area contributed by atoms with Crippen LogP contribution in [0.1, 0.15) is 34.0 Å². The fraction of sp³-hybridized carbons (Fsp3) is 0.312. The van der Waals surface area contributed by atoms with Crippen LogP contribution in [-0.2, 0) is 0 Å². The number of halogens is 1. The van der Waals surface area contributed by atoms with E-state index < -0.39 is 0 Å². The van der Waals surface area contributed by atoms with Crippen molar-refractivity contribution < 1.29 is 0 Å². The predicted molar refractivity (Wildman–Crippen MR) is 80.8 cm³/mol. The maximum absolute atomic E-state index is 5.90. The Morgan fingerprint density at radius 2 is 1.74 bits per heavy atom. The lowest BCUT2D eigenvalue weighted by Gasteiger charge is -2.20. The third-order valence-corrected chi connectivity index (χ3v) is 3.75. The summed E-state index contributed by atoms with van der Waals surface area (Å²) in [5.74, 6) is 0. The molecule has 2 nitrogen and oxygen atoms in total. The first-order chi connectivity index (χ1) is 9.02. The zero-order valence-corrected chi connectivity index (χ0v) is 12.5. The van der Waals surface area contributed by atoms with E-state index >= 15 is 0 Å². The van der Waals surface area contributed by atoms with Crippen molar-refractivity contribution in [1.29, 1.82) is 0 Å². The number of pyridine rings is 1. The Morgan fingerprint density at radius 3 is 2.32 bits per heavy atom. The molecule has 0 aliphatic rings. The predicted octanol–water partition coefficient (Wildman–Crippen LogP) is 3.97. The van der Waals surface area contributed by atoms with Crippen molar-refractivity contribution in [3.05, 3.63) is 63.4 Å². The van der Waals surface area contributed by atoms with Gasteiger partial charge in [0, 0.05) is 6.20 Å². The van der Waals surface area contributed by atoms with Crippen LogP contribution in [0.3, 0.4) is 0 Å². The minimum absolute atomic E-state index is 0.0940. The Kier molecular flexibility index (Phi) is 4.23. The van der Waals surface area contributed by atoms with E-state index in [1.807, 2.05) is 19.2 Å². The molecule has 2 rings (SSSR count). The summed E-state index contributed by atoms with van der Waals surface area (Å²) >= 11 is 5.90. The number of nitrogens with one attached hydrogen (secondary N) is 1. The van der Waals surface area contributed by atoms with E-state index in [0.717, 1.165) is 5.69 Å². The van der Waals surface area contributed by atoms with Crippen molar-refractivity contribution in [2.75, 3.05) is 7.05 Å². The third-order valence-electron chi connectivity index (χ3n) is 3.53. The Bertz CT molecular complexity index is 576. The molecule has 0 fully saturated rings. The normalized spacial score (nSPS) is 12.5. The van der Waals surface area contributed by atoms with Crippen LogP contribution in [0.4, 0.5) is 0 Å². The van der Waals surface area contributed by atoms with E-state index in [0.29, 0.717) is 5.02 Å². The third kappa shape index (κ3) is 2.96. The second-order valence-electron chi connectivity index (χ2n) is 4.92. The highest BCUT2D eigenvalue weighted by atomic mass is 35.5. The van der Waals surface area contributed by atoms with E-state index in [9.17, 15) is 0 Å². The average Bonchev–Trinajstić information content (AvgIpc) is 2.38. The summed E-state index contributed by atoms with van der Waals surface area (Å²) in [5.41, 5.74) is 6.15. The van der Waals surface area contributed by atoms with Crippen LogP contribution in [0.2, 0.25) is 5.02 Å². The molecule has 1 atom stereocenters. The molecular formula is C16H19ClN2. The highest BCUT2D eigenvalue weighted by Crippen LogP contribution is 2.26. The molecule has 1 heterocycles. The number of aryl methyl sites for hydroxylation is 3. The van der Waals surface area contributed by atoms with Gasteiger partial charge in [-0.25, -0.2) is 0 Å². The summed E-state index contributed by atoms with van der Waals surface area (Å²) in [4.78, 5) is 4.42. The molecule has 1 unspecified atom stereocenters. The molecule has 0 saturated carbocycles. The van der Waals surface area contributed by atoms with Gasteiger partial charge in [0.05, 0.1) is 16.8 Å². The number of nitrogens with zero attached hydrogens (tertiary/aromatic N) is 1. The van der Waals surface area contributed by atoms with Crippen molar-refractivity contribution in [3.8, 4) is 0 Å². The van der Waals surface area contributed by atoms with E-state index in [-0.39, 0.29) is 6.04 Å². The lowest BCUT2D eigenvalue weighted by molar-refractivity contribution is 0.666. The minimum Gasteiger partial charge on any atom is -0.308 e. The topological polar surface area (TPSA) is 24.9 Å². The van der Waals surface area contributed by atoms with Gasteiger partial charge in [-0.05, 0) is 62.2 Å². The largest absolute Gasteiger partial charge is 0.308 e. The van der Waals surface area contributed by atoms with Crippen LogP contribution in [-0.4, -0.2) is 12.0 Å². The fourth-order valence-electron chi connectivity index (χ4n) is 2.31. The van der Waals surface area contributed by atoms with Gasteiger partial charge in [0.15, 0.2) is 0 Å². The van der Waals surface area contributed by atoms with Gasteiger partial charge in [-0.1, -0.05) is 23.7 Å². The quantitative estimate of drug-likeness (QED) is 0.916. The Balaban J connectivity index is 2.47. The molecule has 0 spiro atoms. The molecule has 0 amide bonds. The van der Waals surface area contributed by atoms with E-state index in [4.69, 9.17) is 11.6 Å². The van der Waals surface area contributed by atoms with Crippen LogP contribution in [0.25, 0.3) is 0 Å². The SMILES string of the molecule is CNC(c1ccc(Cl)cn1)c1cc(C)c(C)cc1C. The molecular weight excluding hydrogens is 256 g/mol. The average molecular weight is 275 g/mol. The number of hydrogen-bond acceptors (Lipinski definition) is 2. The van der Waals surface area contributed by atoms with Gasteiger partial charge in [0.2, 0.25) is 0 Å². The molecule has 2 aromatic rings. The molecule has 100 valence electrons. The van der Waals surface area contributed by atoms with Crippen molar-refractivity contribution in [1.82, 2.24) is 10.3 Å². The number of hydrogen-bond donors (Lipinski definition) is 1. The number of benzene rings is 1.